The first-order valence-electron chi connectivity index (χ1n) is 2.79. The molecule has 0 aromatic heterocycles. The van der Waals surface area contributed by atoms with Crippen molar-refractivity contribution in [3.63, 3.8) is 0 Å². The van der Waals surface area contributed by atoms with Crippen molar-refractivity contribution in [2.45, 2.75) is 19.8 Å². The van der Waals surface area contributed by atoms with Gasteiger partial charge in [0.25, 0.3) is 0 Å². The Bertz CT molecular complexity index is 49.7. The fourth-order valence-corrected chi connectivity index (χ4v) is 0.922. The Kier molecular flexibility index (Phi) is 6.30. The minimum absolute atomic E-state index is 0.640. The molecule has 0 bridgehead atoms. The standard InChI is InChI=1S/C5H12ClOP/c1-3-4-5-7-8(2)6/h3-5H2,1-2H3. The second-order valence-electron chi connectivity index (χ2n) is 1.61. The lowest BCUT2D eigenvalue weighted by atomic mass is 10.4. The van der Waals surface area contributed by atoms with Crippen molar-refractivity contribution in [2.75, 3.05) is 13.3 Å². The van der Waals surface area contributed by atoms with E-state index in [-0.39, 0.29) is 0 Å². The topological polar surface area (TPSA) is 9.23 Å². The van der Waals surface area contributed by atoms with E-state index in [2.05, 4.69) is 6.92 Å². The van der Waals surface area contributed by atoms with E-state index in [1.807, 2.05) is 6.66 Å². The Balaban J connectivity index is 2.72. The lowest BCUT2D eigenvalue weighted by Gasteiger charge is -2.01. The second-order valence-corrected chi connectivity index (χ2v) is 4.14. The molecule has 1 nitrogen and oxygen atoms in total. The summed E-state index contributed by atoms with van der Waals surface area (Å²) < 4.78 is 5.11. The van der Waals surface area contributed by atoms with Crippen molar-refractivity contribution in [3.8, 4) is 0 Å². The van der Waals surface area contributed by atoms with Crippen molar-refractivity contribution in [2.24, 2.45) is 0 Å². The highest BCUT2D eigenvalue weighted by Gasteiger charge is 1.91. The molecule has 0 aliphatic rings. The van der Waals surface area contributed by atoms with Crippen LogP contribution in [0.15, 0.2) is 0 Å². The zero-order chi connectivity index (χ0) is 6.41. The summed E-state index contributed by atoms with van der Waals surface area (Å²) in [6, 6.07) is 0. The highest BCUT2D eigenvalue weighted by atomic mass is 35.7. The van der Waals surface area contributed by atoms with E-state index in [9.17, 15) is 0 Å². The summed E-state index contributed by atoms with van der Waals surface area (Å²) >= 11 is 5.56. The van der Waals surface area contributed by atoms with E-state index in [0.717, 1.165) is 13.0 Å². The van der Waals surface area contributed by atoms with Crippen LogP contribution >= 0.6 is 18.7 Å². The molecule has 0 aliphatic carbocycles. The molecule has 0 fully saturated rings. The third kappa shape index (κ3) is 6.68. The summed E-state index contributed by atoms with van der Waals surface area (Å²) in [6.45, 7) is 4.85. The average Bonchev–Trinajstić information content (AvgIpc) is 1.66. The molecule has 0 rings (SSSR count). The molecule has 0 N–H and O–H groups in total. The first-order chi connectivity index (χ1) is 3.77. The lowest BCUT2D eigenvalue weighted by molar-refractivity contribution is 0.351. The van der Waals surface area contributed by atoms with Gasteiger partial charge in [0.15, 0.2) is 0 Å². The molecule has 8 heavy (non-hydrogen) atoms. The largest absolute Gasteiger partial charge is 0.343 e. The molecule has 0 saturated carbocycles. The number of halogens is 1. The SMILES string of the molecule is CCCCOP(C)Cl. The smallest absolute Gasteiger partial charge is 0.121 e. The number of hydrogen-bond donors (Lipinski definition) is 0. The van der Waals surface area contributed by atoms with E-state index >= 15 is 0 Å². The number of hydrogen-bond acceptors (Lipinski definition) is 1. The lowest BCUT2D eigenvalue weighted by Crippen LogP contribution is -1.83. The zero-order valence-electron chi connectivity index (χ0n) is 5.35. The van der Waals surface area contributed by atoms with E-state index in [0.29, 0.717) is 0 Å². The van der Waals surface area contributed by atoms with Crippen LogP contribution in [0.3, 0.4) is 0 Å². The van der Waals surface area contributed by atoms with E-state index < -0.39 is 7.50 Å². The summed E-state index contributed by atoms with van der Waals surface area (Å²) in [6.07, 6.45) is 2.31. The van der Waals surface area contributed by atoms with Crippen LogP contribution in [-0.2, 0) is 4.52 Å². The molecule has 0 radical (unpaired) electrons. The first-order valence-corrected chi connectivity index (χ1v) is 5.41. The molecule has 0 aliphatic heterocycles. The molecular weight excluding hydrogens is 142 g/mol. The zero-order valence-corrected chi connectivity index (χ0v) is 7.01. The summed E-state index contributed by atoms with van der Waals surface area (Å²) in [4.78, 5) is 0. The van der Waals surface area contributed by atoms with Crippen molar-refractivity contribution in [3.05, 3.63) is 0 Å². The number of unbranched alkanes of at least 4 members (excludes halogenated alkanes) is 1. The van der Waals surface area contributed by atoms with Gasteiger partial charge < -0.3 is 4.52 Å². The van der Waals surface area contributed by atoms with Crippen LogP contribution in [0.25, 0.3) is 0 Å². The van der Waals surface area contributed by atoms with Crippen LogP contribution in [0.4, 0.5) is 0 Å². The van der Waals surface area contributed by atoms with Crippen molar-refractivity contribution < 1.29 is 4.52 Å². The molecule has 0 amide bonds. The molecule has 1 atom stereocenters. The van der Waals surface area contributed by atoms with Gasteiger partial charge in [-0.3, -0.25) is 0 Å². The van der Waals surface area contributed by atoms with E-state index in [1.165, 1.54) is 6.42 Å². The predicted octanol–water partition coefficient (Wildman–Crippen LogP) is 2.98. The van der Waals surface area contributed by atoms with Gasteiger partial charge >= 0.3 is 0 Å². The van der Waals surface area contributed by atoms with Crippen LogP contribution in [0.1, 0.15) is 19.8 Å². The van der Waals surface area contributed by atoms with Gasteiger partial charge in [0.1, 0.15) is 7.50 Å². The van der Waals surface area contributed by atoms with Crippen LogP contribution in [0.2, 0.25) is 0 Å². The van der Waals surface area contributed by atoms with Crippen molar-refractivity contribution in [1.29, 1.82) is 0 Å². The first kappa shape index (κ1) is 8.68. The summed E-state index contributed by atoms with van der Waals surface area (Å²) in [5, 5.41) is 0. The molecule has 0 saturated heterocycles. The maximum atomic E-state index is 5.56. The minimum Gasteiger partial charge on any atom is -0.343 e. The summed E-state index contributed by atoms with van der Waals surface area (Å²) in [7, 11) is -0.640. The monoisotopic (exact) mass is 154 g/mol. The second kappa shape index (κ2) is 5.81. The van der Waals surface area contributed by atoms with Gasteiger partial charge in [-0.2, -0.15) is 0 Å². The Morgan fingerprint density at radius 1 is 1.62 bits per heavy atom. The van der Waals surface area contributed by atoms with Gasteiger partial charge in [0, 0.05) is 0 Å². The predicted molar refractivity (Wildman–Crippen MR) is 39.6 cm³/mol. The fraction of sp³-hybridized carbons (Fsp3) is 1.00. The molecule has 50 valence electrons. The van der Waals surface area contributed by atoms with Gasteiger partial charge in [-0.15, -0.1) is 0 Å². The van der Waals surface area contributed by atoms with E-state index in [1.54, 1.807) is 0 Å². The van der Waals surface area contributed by atoms with Gasteiger partial charge in [-0.25, -0.2) is 0 Å². The van der Waals surface area contributed by atoms with Crippen LogP contribution in [-0.4, -0.2) is 13.3 Å². The molecule has 3 heteroatoms. The third-order valence-corrected chi connectivity index (χ3v) is 1.60. The highest BCUT2D eigenvalue weighted by Crippen LogP contribution is 2.37. The Morgan fingerprint density at radius 3 is 2.62 bits per heavy atom. The van der Waals surface area contributed by atoms with Crippen LogP contribution in [0, 0.1) is 0 Å². The fourth-order valence-electron chi connectivity index (χ4n) is 0.335. The van der Waals surface area contributed by atoms with Crippen molar-refractivity contribution >= 4 is 18.7 Å². The van der Waals surface area contributed by atoms with Gasteiger partial charge in [-0.05, 0) is 13.1 Å². The summed E-state index contributed by atoms with van der Waals surface area (Å²) in [5.74, 6) is 0. The Hall–Kier alpha value is 0.680. The van der Waals surface area contributed by atoms with Crippen LogP contribution < -0.4 is 0 Å². The molecule has 0 aromatic carbocycles. The number of rotatable bonds is 4. The van der Waals surface area contributed by atoms with Crippen LogP contribution in [0.5, 0.6) is 0 Å². The minimum atomic E-state index is -0.640. The normalized spacial score (nSPS) is 13.9. The third-order valence-electron chi connectivity index (χ3n) is 0.767. The molecule has 0 heterocycles. The molecule has 0 spiro atoms. The average molecular weight is 155 g/mol. The maximum absolute atomic E-state index is 5.56. The molecular formula is C5H12ClOP. The highest BCUT2D eigenvalue weighted by molar-refractivity contribution is 7.79. The Labute approximate surface area is 57.0 Å². The van der Waals surface area contributed by atoms with Gasteiger partial charge in [-0.1, -0.05) is 24.6 Å². The molecule has 1 unspecified atom stereocenters. The van der Waals surface area contributed by atoms with Gasteiger partial charge in [0.2, 0.25) is 0 Å². The quantitative estimate of drug-likeness (QED) is 0.447. The van der Waals surface area contributed by atoms with E-state index in [4.69, 9.17) is 15.8 Å². The summed E-state index contributed by atoms with van der Waals surface area (Å²) in [5.41, 5.74) is 0. The van der Waals surface area contributed by atoms with Gasteiger partial charge in [0.05, 0.1) is 6.61 Å². The Morgan fingerprint density at radius 2 is 2.25 bits per heavy atom. The molecule has 0 aromatic rings. The maximum Gasteiger partial charge on any atom is 0.121 e. The van der Waals surface area contributed by atoms with Crippen molar-refractivity contribution in [1.82, 2.24) is 0 Å².